The molecule has 0 radical (unpaired) electrons. The van der Waals surface area contributed by atoms with Crippen molar-refractivity contribution < 1.29 is 9.21 Å². The molecular formula is C21H32N2O2. The second-order valence-electron chi connectivity index (χ2n) is 9.25. The molecule has 1 atom stereocenters. The first-order valence-corrected chi connectivity index (χ1v) is 9.95. The Morgan fingerprint density at radius 2 is 1.84 bits per heavy atom. The van der Waals surface area contributed by atoms with Gasteiger partial charge in [-0.1, -0.05) is 0 Å². The molecule has 1 unspecified atom stereocenters. The monoisotopic (exact) mass is 344 g/mol. The van der Waals surface area contributed by atoms with Gasteiger partial charge in [-0.3, -0.25) is 9.69 Å². The summed E-state index contributed by atoms with van der Waals surface area (Å²) in [5.74, 6) is 4.76. The quantitative estimate of drug-likeness (QED) is 0.855. The van der Waals surface area contributed by atoms with Crippen molar-refractivity contribution in [1.82, 2.24) is 10.2 Å². The van der Waals surface area contributed by atoms with Crippen LogP contribution < -0.4 is 5.32 Å². The van der Waals surface area contributed by atoms with Gasteiger partial charge in [0.15, 0.2) is 0 Å². The minimum Gasteiger partial charge on any atom is -0.465 e. The molecule has 4 aliphatic rings. The lowest BCUT2D eigenvalue weighted by atomic mass is 9.48. The van der Waals surface area contributed by atoms with Crippen molar-refractivity contribution >= 4 is 5.91 Å². The molecule has 0 aliphatic heterocycles. The number of hydrogen-bond donors (Lipinski definition) is 1. The summed E-state index contributed by atoms with van der Waals surface area (Å²) in [6.07, 6.45) is 8.35. The number of carbonyl (C=O) groups is 1. The largest absolute Gasteiger partial charge is 0.465 e. The average Bonchev–Trinajstić information content (AvgIpc) is 2.90. The van der Waals surface area contributed by atoms with Crippen LogP contribution in [-0.2, 0) is 11.3 Å². The van der Waals surface area contributed by atoms with Gasteiger partial charge in [-0.15, -0.1) is 0 Å². The van der Waals surface area contributed by atoms with Crippen LogP contribution in [0.5, 0.6) is 0 Å². The van der Waals surface area contributed by atoms with Crippen LogP contribution in [-0.4, -0.2) is 30.4 Å². The summed E-state index contributed by atoms with van der Waals surface area (Å²) in [4.78, 5) is 14.6. The molecular weight excluding hydrogens is 312 g/mol. The third-order valence-electron chi connectivity index (χ3n) is 7.02. The van der Waals surface area contributed by atoms with Crippen molar-refractivity contribution in [2.75, 3.05) is 13.6 Å². The second kappa shape index (κ2) is 6.46. The van der Waals surface area contributed by atoms with Gasteiger partial charge in [-0.05, 0) is 94.7 Å². The van der Waals surface area contributed by atoms with E-state index < -0.39 is 0 Å². The Bertz CT molecular complexity index is 600. The molecule has 0 saturated heterocycles. The lowest BCUT2D eigenvalue weighted by molar-refractivity contribution is -0.126. The van der Waals surface area contributed by atoms with Crippen LogP contribution in [0, 0.1) is 30.1 Å². The molecule has 138 valence electrons. The Morgan fingerprint density at radius 3 is 2.36 bits per heavy atom. The normalized spacial score (nSPS) is 34.5. The molecule has 0 aromatic carbocycles. The maximum Gasteiger partial charge on any atom is 0.234 e. The smallest absolute Gasteiger partial charge is 0.234 e. The zero-order chi connectivity index (χ0) is 17.6. The summed E-state index contributed by atoms with van der Waals surface area (Å²) < 4.78 is 5.61. The number of amides is 1. The highest BCUT2D eigenvalue weighted by Gasteiger charge is 2.53. The summed E-state index contributed by atoms with van der Waals surface area (Å²) >= 11 is 0. The topological polar surface area (TPSA) is 45.5 Å². The fraction of sp³-hybridized carbons (Fsp3) is 0.762. The van der Waals surface area contributed by atoms with Crippen LogP contribution in [0.2, 0.25) is 0 Å². The lowest BCUT2D eigenvalue weighted by Gasteiger charge is -2.59. The van der Waals surface area contributed by atoms with Gasteiger partial charge in [0.1, 0.15) is 11.5 Å². The summed E-state index contributed by atoms with van der Waals surface area (Å²) in [6, 6.07) is 4.26. The van der Waals surface area contributed by atoms with Crippen LogP contribution in [0.1, 0.15) is 57.0 Å². The lowest BCUT2D eigenvalue weighted by Crippen LogP contribution is -2.56. The first-order chi connectivity index (χ1) is 11.9. The maximum atomic E-state index is 12.6. The molecule has 4 bridgehead atoms. The third-order valence-corrected chi connectivity index (χ3v) is 7.02. The number of hydrogen-bond acceptors (Lipinski definition) is 3. The maximum absolute atomic E-state index is 12.6. The van der Waals surface area contributed by atoms with E-state index in [9.17, 15) is 4.79 Å². The van der Waals surface area contributed by atoms with Crippen molar-refractivity contribution in [3.8, 4) is 0 Å². The number of aryl methyl sites for hydroxylation is 1. The first kappa shape index (κ1) is 17.1. The zero-order valence-electron chi connectivity index (χ0n) is 15.9. The van der Waals surface area contributed by atoms with Crippen LogP contribution in [0.3, 0.4) is 0 Å². The standard InChI is InChI=1S/C21H32N2O2/c1-14-4-5-19(25-14)12-23(3)13-20(24)22-15(2)21-9-16-6-17(10-21)8-18(7-16)11-21/h4-5,15-18H,6-13H2,1-3H3,(H,22,24). The fourth-order valence-corrected chi connectivity index (χ4v) is 6.29. The number of rotatable bonds is 6. The first-order valence-electron chi connectivity index (χ1n) is 9.95. The molecule has 25 heavy (non-hydrogen) atoms. The molecule has 4 aliphatic carbocycles. The Kier molecular flexibility index (Phi) is 4.43. The number of likely N-dealkylation sites (N-methyl/N-ethyl adjacent to an activating group) is 1. The van der Waals surface area contributed by atoms with Gasteiger partial charge in [-0.2, -0.15) is 0 Å². The van der Waals surface area contributed by atoms with E-state index in [0.717, 1.165) is 29.3 Å². The van der Waals surface area contributed by atoms with E-state index in [0.29, 0.717) is 24.5 Å². The van der Waals surface area contributed by atoms with Crippen LogP contribution in [0.15, 0.2) is 16.5 Å². The molecule has 4 nitrogen and oxygen atoms in total. The Labute approximate surface area is 151 Å². The van der Waals surface area contributed by atoms with E-state index in [4.69, 9.17) is 4.42 Å². The van der Waals surface area contributed by atoms with Crippen molar-refractivity contribution in [3.05, 3.63) is 23.7 Å². The van der Waals surface area contributed by atoms with Gasteiger partial charge >= 0.3 is 0 Å². The van der Waals surface area contributed by atoms with Gasteiger partial charge in [0.05, 0.1) is 13.1 Å². The molecule has 5 rings (SSSR count). The van der Waals surface area contributed by atoms with E-state index in [1.54, 1.807) is 0 Å². The fourth-order valence-electron chi connectivity index (χ4n) is 6.29. The van der Waals surface area contributed by atoms with Crippen molar-refractivity contribution in [2.45, 2.75) is 65.0 Å². The van der Waals surface area contributed by atoms with E-state index in [2.05, 4.69) is 12.2 Å². The van der Waals surface area contributed by atoms with Gasteiger partial charge in [0.25, 0.3) is 0 Å². The van der Waals surface area contributed by atoms with Crippen molar-refractivity contribution in [3.63, 3.8) is 0 Å². The van der Waals surface area contributed by atoms with E-state index in [-0.39, 0.29) is 5.91 Å². The van der Waals surface area contributed by atoms with Crippen molar-refractivity contribution in [2.24, 2.45) is 23.2 Å². The summed E-state index contributed by atoms with van der Waals surface area (Å²) in [5.41, 5.74) is 0.376. The average molecular weight is 344 g/mol. The predicted molar refractivity (Wildman–Crippen MR) is 98.0 cm³/mol. The Balaban J connectivity index is 1.31. The molecule has 4 saturated carbocycles. The summed E-state index contributed by atoms with van der Waals surface area (Å²) in [6.45, 7) is 5.30. The minimum absolute atomic E-state index is 0.147. The number of nitrogens with zero attached hydrogens (tertiary/aromatic N) is 1. The highest BCUT2D eigenvalue weighted by molar-refractivity contribution is 5.78. The van der Waals surface area contributed by atoms with Gasteiger partial charge < -0.3 is 9.73 Å². The Morgan fingerprint density at radius 1 is 1.24 bits per heavy atom. The SMILES string of the molecule is Cc1ccc(CN(C)CC(=O)NC(C)C23CC4CC(CC(C4)C2)C3)o1. The molecule has 1 aromatic heterocycles. The van der Waals surface area contributed by atoms with Crippen LogP contribution in [0.25, 0.3) is 0 Å². The molecule has 4 heteroatoms. The third kappa shape index (κ3) is 3.51. The van der Waals surface area contributed by atoms with Gasteiger partial charge in [-0.25, -0.2) is 0 Å². The van der Waals surface area contributed by atoms with Gasteiger partial charge in [0, 0.05) is 6.04 Å². The van der Waals surface area contributed by atoms with Crippen molar-refractivity contribution in [1.29, 1.82) is 0 Å². The summed E-state index contributed by atoms with van der Waals surface area (Å²) in [7, 11) is 1.98. The van der Waals surface area contributed by atoms with E-state index in [1.807, 2.05) is 31.0 Å². The summed E-state index contributed by atoms with van der Waals surface area (Å²) in [5, 5.41) is 3.35. The molecule has 1 N–H and O–H groups in total. The number of furan rings is 1. The van der Waals surface area contributed by atoms with Crippen LogP contribution >= 0.6 is 0 Å². The molecule has 1 heterocycles. The zero-order valence-corrected chi connectivity index (χ0v) is 15.9. The Hall–Kier alpha value is -1.29. The van der Waals surface area contributed by atoms with Crippen LogP contribution in [0.4, 0.5) is 0 Å². The molecule has 1 aromatic rings. The van der Waals surface area contributed by atoms with E-state index >= 15 is 0 Å². The highest BCUT2D eigenvalue weighted by atomic mass is 16.3. The van der Waals surface area contributed by atoms with E-state index in [1.165, 1.54) is 38.5 Å². The highest BCUT2D eigenvalue weighted by Crippen LogP contribution is 2.61. The number of nitrogens with one attached hydrogen (secondary N) is 1. The predicted octanol–water partition coefficient (Wildman–Crippen LogP) is 3.74. The molecule has 1 amide bonds. The van der Waals surface area contributed by atoms with Gasteiger partial charge in [0.2, 0.25) is 5.91 Å². The second-order valence-corrected chi connectivity index (χ2v) is 9.25. The number of carbonyl (C=O) groups excluding carboxylic acids is 1. The minimum atomic E-state index is 0.147. The molecule has 0 spiro atoms. The molecule has 4 fully saturated rings.